The molecule has 2 heteroatoms. The van der Waals surface area contributed by atoms with Gasteiger partial charge in [-0.25, -0.2) is 0 Å². The first kappa shape index (κ1) is 9.00. The molecule has 0 spiro atoms. The van der Waals surface area contributed by atoms with Gasteiger partial charge in [-0.3, -0.25) is 4.99 Å². The van der Waals surface area contributed by atoms with Crippen LogP contribution in [0.2, 0.25) is 0 Å². The average Bonchev–Trinajstić information content (AvgIpc) is 2.65. The minimum atomic E-state index is 0.835. The monoisotopic (exact) mass is 187 g/mol. The summed E-state index contributed by atoms with van der Waals surface area (Å²) in [6.07, 6.45) is 1.94. The van der Waals surface area contributed by atoms with Gasteiger partial charge >= 0.3 is 0 Å². The first-order valence-electron chi connectivity index (χ1n) is 4.65. The molecule has 0 unspecified atom stereocenters. The summed E-state index contributed by atoms with van der Waals surface area (Å²) >= 11 is 0. The van der Waals surface area contributed by atoms with Gasteiger partial charge in [-0.1, -0.05) is 12.1 Å². The summed E-state index contributed by atoms with van der Waals surface area (Å²) < 4.78 is 5.11. The van der Waals surface area contributed by atoms with Crippen molar-refractivity contribution in [3.05, 3.63) is 35.4 Å². The zero-order valence-electron chi connectivity index (χ0n) is 8.45. The Morgan fingerprint density at radius 3 is 2.43 bits per heavy atom. The highest BCUT2D eigenvalue weighted by Gasteiger charge is 2.07. The Kier molecular flexibility index (Phi) is 2.35. The maximum atomic E-state index is 5.11. The fraction of sp³-hybridized carbons (Fsp3) is 0.250. The van der Waals surface area contributed by atoms with Crippen molar-refractivity contribution in [3.63, 3.8) is 0 Å². The lowest BCUT2D eigenvalue weighted by Gasteiger charge is -2.03. The van der Waals surface area contributed by atoms with Crippen molar-refractivity contribution < 1.29 is 4.74 Å². The van der Waals surface area contributed by atoms with Crippen molar-refractivity contribution in [1.29, 1.82) is 0 Å². The standard InChI is InChI=1S/C12H13NO/c1-9-7-13-8-12(9)10-3-5-11(14-2)6-4-10/h3-6,8H,7H2,1-2H3. The molecule has 1 aromatic rings. The van der Waals surface area contributed by atoms with Crippen LogP contribution in [0.5, 0.6) is 5.75 Å². The molecule has 1 heterocycles. The molecule has 0 aliphatic carbocycles. The van der Waals surface area contributed by atoms with Crippen LogP contribution in [0.4, 0.5) is 0 Å². The molecule has 0 N–H and O–H groups in total. The van der Waals surface area contributed by atoms with Crippen LogP contribution in [0, 0.1) is 0 Å². The Morgan fingerprint density at radius 1 is 1.21 bits per heavy atom. The first-order chi connectivity index (χ1) is 6.81. The zero-order valence-corrected chi connectivity index (χ0v) is 8.45. The Labute approximate surface area is 83.9 Å². The third-order valence-corrected chi connectivity index (χ3v) is 2.41. The van der Waals surface area contributed by atoms with Gasteiger partial charge in [0.15, 0.2) is 0 Å². The van der Waals surface area contributed by atoms with E-state index in [1.54, 1.807) is 7.11 Å². The van der Waals surface area contributed by atoms with Crippen molar-refractivity contribution in [2.45, 2.75) is 6.92 Å². The minimum Gasteiger partial charge on any atom is -0.497 e. The molecule has 2 rings (SSSR count). The third-order valence-electron chi connectivity index (χ3n) is 2.41. The Balaban J connectivity index is 2.34. The van der Waals surface area contributed by atoms with Crippen molar-refractivity contribution in [2.75, 3.05) is 13.7 Å². The van der Waals surface area contributed by atoms with E-state index in [-0.39, 0.29) is 0 Å². The van der Waals surface area contributed by atoms with E-state index >= 15 is 0 Å². The number of aliphatic imine (C=N–C) groups is 1. The number of benzene rings is 1. The number of allylic oxidation sites excluding steroid dienone is 1. The molecule has 14 heavy (non-hydrogen) atoms. The van der Waals surface area contributed by atoms with Gasteiger partial charge in [0.2, 0.25) is 0 Å². The minimum absolute atomic E-state index is 0.835. The number of hydrogen-bond acceptors (Lipinski definition) is 2. The molecule has 1 aliphatic heterocycles. The van der Waals surface area contributed by atoms with Crippen LogP contribution >= 0.6 is 0 Å². The summed E-state index contributed by atoms with van der Waals surface area (Å²) in [6.45, 7) is 2.95. The first-order valence-corrected chi connectivity index (χ1v) is 4.65. The second-order valence-corrected chi connectivity index (χ2v) is 3.39. The number of rotatable bonds is 2. The molecule has 0 atom stereocenters. The Hall–Kier alpha value is -1.57. The van der Waals surface area contributed by atoms with Gasteiger partial charge < -0.3 is 4.74 Å². The summed E-state index contributed by atoms with van der Waals surface area (Å²) in [5.74, 6) is 0.891. The maximum Gasteiger partial charge on any atom is 0.118 e. The van der Waals surface area contributed by atoms with Crippen LogP contribution in [0.25, 0.3) is 5.57 Å². The molecule has 0 saturated heterocycles. The molecular weight excluding hydrogens is 174 g/mol. The molecule has 1 aliphatic rings. The number of methoxy groups -OCH3 is 1. The summed E-state index contributed by atoms with van der Waals surface area (Å²) in [4.78, 5) is 4.23. The van der Waals surface area contributed by atoms with E-state index in [9.17, 15) is 0 Å². The molecule has 0 amide bonds. The second-order valence-electron chi connectivity index (χ2n) is 3.39. The number of nitrogens with zero attached hydrogens (tertiary/aromatic N) is 1. The van der Waals surface area contributed by atoms with Gasteiger partial charge in [0.1, 0.15) is 5.75 Å². The maximum absolute atomic E-state index is 5.11. The molecular formula is C12H13NO. The van der Waals surface area contributed by atoms with E-state index in [1.165, 1.54) is 16.7 Å². The number of hydrogen-bond donors (Lipinski definition) is 0. The van der Waals surface area contributed by atoms with Gasteiger partial charge in [0.05, 0.1) is 13.7 Å². The van der Waals surface area contributed by atoms with E-state index in [2.05, 4.69) is 24.0 Å². The van der Waals surface area contributed by atoms with Gasteiger partial charge in [0.25, 0.3) is 0 Å². The highest BCUT2D eigenvalue weighted by molar-refractivity contribution is 6.12. The molecule has 0 saturated carbocycles. The molecule has 0 radical (unpaired) electrons. The highest BCUT2D eigenvalue weighted by atomic mass is 16.5. The Bertz CT molecular complexity index is 387. The van der Waals surface area contributed by atoms with Crippen molar-refractivity contribution in [2.24, 2.45) is 4.99 Å². The molecule has 1 aromatic carbocycles. The van der Waals surface area contributed by atoms with Crippen LogP contribution < -0.4 is 4.74 Å². The van der Waals surface area contributed by atoms with Gasteiger partial charge in [-0.05, 0) is 30.2 Å². The predicted octanol–water partition coefficient (Wildman–Crippen LogP) is 2.55. The van der Waals surface area contributed by atoms with Crippen LogP contribution in [0.1, 0.15) is 12.5 Å². The lowest BCUT2D eigenvalue weighted by Crippen LogP contribution is -1.87. The predicted molar refractivity (Wildman–Crippen MR) is 58.9 cm³/mol. The quantitative estimate of drug-likeness (QED) is 0.697. The van der Waals surface area contributed by atoms with E-state index in [0.717, 1.165) is 12.3 Å². The normalized spacial score (nSPS) is 15.0. The largest absolute Gasteiger partial charge is 0.497 e. The van der Waals surface area contributed by atoms with Crippen LogP contribution in [0.15, 0.2) is 34.8 Å². The summed E-state index contributed by atoms with van der Waals surface area (Å²) in [6, 6.07) is 8.08. The molecule has 2 nitrogen and oxygen atoms in total. The SMILES string of the molecule is COc1ccc(C2=C(C)CN=C2)cc1. The van der Waals surface area contributed by atoms with Crippen molar-refractivity contribution in [1.82, 2.24) is 0 Å². The van der Waals surface area contributed by atoms with Crippen LogP contribution in [-0.2, 0) is 0 Å². The van der Waals surface area contributed by atoms with Crippen LogP contribution in [-0.4, -0.2) is 19.9 Å². The lowest BCUT2D eigenvalue weighted by atomic mass is 10.0. The van der Waals surface area contributed by atoms with Crippen molar-refractivity contribution in [3.8, 4) is 5.75 Å². The second kappa shape index (κ2) is 3.66. The molecule has 0 aromatic heterocycles. The summed E-state index contributed by atoms with van der Waals surface area (Å²) in [5.41, 5.74) is 3.78. The summed E-state index contributed by atoms with van der Waals surface area (Å²) in [7, 11) is 1.68. The van der Waals surface area contributed by atoms with E-state index in [1.807, 2.05) is 18.3 Å². The topological polar surface area (TPSA) is 21.6 Å². The average molecular weight is 187 g/mol. The van der Waals surface area contributed by atoms with E-state index < -0.39 is 0 Å². The van der Waals surface area contributed by atoms with Gasteiger partial charge in [-0.15, -0.1) is 0 Å². The lowest BCUT2D eigenvalue weighted by molar-refractivity contribution is 0.415. The summed E-state index contributed by atoms with van der Waals surface area (Å²) in [5, 5.41) is 0. The molecule has 0 bridgehead atoms. The third kappa shape index (κ3) is 1.55. The molecule has 0 fully saturated rings. The van der Waals surface area contributed by atoms with E-state index in [4.69, 9.17) is 4.74 Å². The van der Waals surface area contributed by atoms with Gasteiger partial charge in [-0.2, -0.15) is 0 Å². The fourth-order valence-corrected chi connectivity index (χ4v) is 1.56. The van der Waals surface area contributed by atoms with Gasteiger partial charge in [0, 0.05) is 11.8 Å². The van der Waals surface area contributed by atoms with E-state index in [0.29, 0.717) is 0 Å². The highest BCUT2D eigenvalue weighted by Crippen LogP contribution is 2.23. The smallest absolute Gasteiger partial charge is 0.118 e. The zero-order chi connectivity index (χ0) is 9.97. The Morgan fingerprint density at radius 2 is 1.93 bits per heavy atom. The molecule has 72 valence electrons. The fourth-order valence-electron chi connectivity index (χ4n) is 1.56. The van der Waals surface area contributed by atoms with Crippen LogP contribution in [0.3, 0.4) is 0 Å². The van der Waals surface area contributed by atoms with Crippen molar-refractivity contribution >= 4 is 11.8 Å². The number of ether oxygens (including phenoxy) is 1.